The number of carbonyl (C=O) groups is 2. The molecule has 1 amide bonds. The summed E-state index contributed by atoms with van der Waals surface area (Å²) in [6, 6.07) is 7.05. The fourth-order valence-corrected chi connectivity index (χ4v) is 3.41. The van der Waals surface area contributed by atoms with Crippen molar-refractivity contribution in [2.45, 2.75) is 40.0 Å². The summed E-state index contributed by atoms with van der Waals surface area (Å²) in [6.07, 6.45) is 1.56. The molecule has 1 saturated carbocycles. The maximum absolute atomic E-state index is 12.5. The molecule has 0 aliphatic heterocycles. The summed E-state index contributed by atoms with van der Waals surface area (Å²) < 4.78 is 0. The largest absolute Gasteiger partial charge is 0.326 e. The number of halogens is 1. The maximum atomic E-state index is 12.5. The van der Waals surface area contributed by atoms with Crippen molar-refractivity contribution in [3.63, 3.8) is 0 Å². The van der Waals surface area contributed by atoms with Crippen molar-refractivity contribution < 1.29 is 9.59 Å². The Morgan fingerprint density at radius 2 is 1.95 bits per heavy atom. The Kier molecular flexibility index (Phi) is 3.92. The van der Waals surface area contributed by atoms with Gasteiger partial charge < -0.3 is 5.32 Å². The van der Waals surface area contributed by atoms with Crippen LogP contribution in [0.5, 0.6) is 0 Å². The zero-order valence-corrected chi connectivity index (χ0v) is 12.9. The van der Waals surface area contributed by atoms with Gasteiger partial charge in [-0.1, -0.05) is 38.4 Å². The van der Waals surface area contributed by atoms with Crippen molar-refractivity contribution in [1.29, 1.82) is 0 Å². The Morgan fingerprint density at radius 1 is 1.25 bits per heavy atom. The van der Waals surface area contributed by atoms with E-state index in [0.29, 0.717) is 30.0 Å². The average Bonchev–Trinajstić information content (AvgIpc) is 2.25. The van der Waals surface area contributed by atoms with Crippen molar-refractivity contribution in [1.82, 2.24) is 0 Å². The molecule has 1 aromatic carbocycles. The first-order chi connectivity index (χ1) is 9.20. The lowest BCUT2D eigenvalue weighted by atomic mass is 9.63. The molecule has 4 heteroatoms. The van der Waals surface area contributed by atoms with Crippen molar-refractivity contribution in [3.05, 3.63) is 29.3 Å². The van der Waals surface area contributed by atoms with E-state index in [1.165, 1.54) is 0 Å². The molecule has 1 atom stereocenters. The molecule has 0 radical (unpaired) electrons. The number of hydrogen-bond donors (Lipinski definition) is 1. The number of hydrogen-bond acceptors (Lipinski definition) is 2. The topological polar surface area (TPSA) is 46.2 Å². The number of rotatable bonds is 2. The zero-order chi connectivity index (χ0) is 15.0. The molecule has 1 aliphatic rings. The van der Waals surface area contributed by atoms with Crippen molar-refractivity contribution in [3.8, 4) is 0 Å². The molecular weight excluding hydrogens is 274 g/mol. The average molecular weight is 294 g/mol. The molecule has 1 fully saturated rings. The Hall–Kier alpha value is -1.35. The lowest BCUT2D eigenvalue weighted by Gasteiger charge is -2.40. The molecule has 2 rings (SSSR count). The second-order valence-electron chi connectivity index (χ2n) is 6.76. The predicted molar refractivity (Wildman–Crippen MR) is 80.8 cm³/mol. The van der Waals surface area contributed by atoms with E-state index in [0.717, 1.165) is 0 Å². The van der Waals surface area contributed by atoms with Crippen LogP contribution in [0.4, 0.5) is 5.69 Å². The third-order valence-electron chi connectivity index (χ3n) is 3.76. The van der Waals surface area contributed by atoms with Crippen LogP contribution < -0.4 is 5.32 Å². The maximum Gasteiger partial charge on any atom is 0.230 e. The molecule has 0 bridgehead atoms. The minimum absolute atomic E-state index is 0.110. The fourth-order valence-electron chi connectivity index (χ4n) is 3.22. The lowest BCUT2D eigenvalue weighted by Crippen LogP contribution is -2.43. The highest BCUT2D eigenvalue weighted by atomic mass is 35.5. The number of amides is 1. The highest BCUT2D eigenvalue weighted by molar-refractivity contribution is 6.30. The summed E-state index contributed by atoms with van der Waals surface area (Å²) >= 11 is 5.91. The Labute approximate surface area is 124 Å². The Bertz CT molecular complexity index is 553. The van der Waals surface area contributed by atoms with Crippen LogP contribution >= 0.6 is 11.6 Å². The summed E-state index contributed by atoms with van der Waals surface area (Å²) in [4.78, 5) is 24.4. The van der Waals surface area contributed by atoms with Gasteiger partial charge in [-0.25, -0.2) is 0 Å². The van der Waals surface area contributed by atoms with Crippen LogP contribution in [0.2, 0.25) is 5.02 Å². The van der Waals surface area contributed by atoms with Crippen molar-refractivity contribution in [2.75, 3.05) is 5.32 Å². The van der Waals surface area contributed by atoms with Gasteiger partial charge in [0.1, 0.15) is 5.78 Å². The molecule has 108 valence electrons. The zero-order valence-electron chi connectivity index (χ0n) is 12.1. The van der Waals surface area contributed by atoms with Gasteiger partial charge in [-0.2, -0.15) is 0 Å². The second kappa shape index (κ2) is 5.21. The van der Waals surface area contributed by atoms with Gasteiger partial charge in [-0.3, -0.25) is 9.59 Å². The molecule has 0 spiro atoms. The quantitative estimate of drug-likeness (QED) is 0.893. The molecule has 1 N–H and O–H groups in total. The number of carbonyl (C=O) groups excluding carboxylic acids is 2. The molecule has 0 aromatic heterocycles. The molecule has 0 unspecified atom stereocenters. The summed E-state index contributed by atoms with van der Waals surface area (Å²) in [5.41, 5.74) is -0.115. The van der Waals surface area contributed by atoms with Gasteiger partial charge in [0.25, 0.3) is 0 Å². The predicted octanol–water partition coefficient (Wildman–Crippen LogP) is 4.06. The molecule has 0 saturated heterocycles. The summed E-state index contributed by atoms with van der Waals surface area (Å²) in [5.74, 6) is 0.0471. The smallest absolute Gasteiger partial charge is 0.230 e. The molecule has 3 nitrogen and oxygen atoms in total. The SMILES string of the molecule is CC1(C)CC(=O)C[C@@](C)(C(=O)Nc2cccc(Cl)c2)C1. The second-order valence-corrected chi connectivity index (χ2v) is 7.19. The molecular formula is C16H20ClNO2. The number of benzene rings is 1. The van der Waals surface area contributed by atoms with E-state index < -0.39 is 5.41 Å². The van der Waals surface area contributed by atoms with Gasteiger partial charge in [0.2, 0.25) is 5.91 Å². The van der Waals surface area contributed by atoms with Crippen LogP contribution in [0.15, 0.2) is 24.3 Å². The monoisotopic (exact) mass is 293 g/mol. The Balaban J connectivity index is 2.17. The van der Waals surface area contributed by atoms with E-state index in [2.05, 4.69) is 5.32 Å². The standard InChI is InChI=1S/C16H20ClNO2/c1-15(2)8-13(19)9-16(3,10-15)14(20)18-12-6-4-5-11(17)7-12/h4-7H,8-10H2,1-3H3,(H,18,20)/t16-/m1/s1. The molecule has 20 heavy (non-hydrogen) atoms. The number of nitrogens with one attached hydrogen (secondary N) is 1. The minimum Gasteiger partial charge on any atom is -0.326 e. The van der Waals surface area contributed by atoms with Gasteiger partial charge in [-0.05, 0) is 30.0 Å². The highest BCUT2D eigenvalue weighted by Gasteiger charge is 2.45. The van der Waals surface area contributed by atoms with Crippen LogP contribution in [0, 0.1) is 10.8 Å². The summed E-state index contributed by atoms with van der Waals surface area (Å²) in [7, 11) is 0. The van der Waals surface area contributed by atoms with Crippen LogP contribution in [-0.2, 0) is 9.59 Å². The first-order valence-corrected chi connectivity index (χ1v) is 7.17. The van der Waals surface area contributed by atoms with Gasteiger partial charge >= 0.3 is 0 Å². The highest BCUT2D eigenvalue weighted by Crippen LogP contribution is 2.45. The van der Waals surface area contributed by atoms with Crippen LogP contribution in [-0.4, -0.2) is 11.7 Å². The van der Waals surface area contributed by atoms with E-state index in [1.54, 1.807) is 24.3 Å². The molecule has 1 aromatic rings. The minimum atomic E-state index is -0.652. The van der Waals surface area contributed by atoms with Crippen molar-refractivity contribution >= 4 is 29.0 Å². The van der Waals surface area contributed by atoms with Gasteiger partial charge in [0.15, 0.2) is 0 Å². The third kappa shape index (κ3) is 3.40. The van der Waals surface area contributed by atoms with Gasteiger partial charge in [0, 0.05) is 23.6 Å². The van der Waals surface area contributed by atoms with Crippen LogP contribution in [0.3, 0.4) is 0 Å². The number of Topliss-reactive ketones (excluding diaryl/α,β-unsaturated/α-hetero) is 1. The van der Waals surface area contributed by atoms with Gasteiger partial charge in [0.05, 0.1) is 5.41 Å². The van der Waals surface area contributed by atoms with E-state index in [-0.39, 0.29) is 17.1 Å². The fraction of sp³-hybridized carbons (Fsp3) is 0.500. The van der Waals surface area contributed by atoms with Gasteiger partial charge in [-0.15, -0.1) is 0 Å². The first kappa shape index (κ1) is 15.0. The van der Waals surface area contributed by atoms with E-state index >= 15 is 0 Å². The van der Waals surface area contributed by atoms with E-state index in [9.17, 15) is 9.59 Å². The summed E-state index contributed by atoms with van der Waals surface area (Å²) in [6.45, 7) is 5.94. The third-order valence-corrected chi connectivity index (χ3v) is 4.00. The van der Waals surface area contributed by atoms with E-state index in [1.807, 2.05) is 20.8 Å². The molecule has 1 aliphatic carbocycles. The summed E-state index contributed by atoms with van der Waals surface area (Å²) in [5, 5.41) is 3.45. The van der Waals surface area contributed by atoms with E-state index in [4.69, 9.17) is 11.6 Å². The normalized spacial score (nSPS) is 25.3. The number of ketones is 1. The lowest BCUT2D eigenvalue weighted by molar-refractivity contribution is -0.138. The van der Waals surface area contributed by atoms with Crippen LogP contribution in [0.25, 0.3) is 0 Å². The van der Waals surface area contributed by atoms with Crippen LogP contribution in [0.1, 0.15) is 40.0 Å². The molecule has 0 heterocycles. The Morgan fingerprint density at radius 3 is 2.55 bits per heavy atom. The first-order valence-electron chi connectivity index (χ1n) is 6.79. The number of anilines is 1. The van der Waals surface area contributed by atoms with Crippen molar-refractivity contribution in [2.24, 2.45) is 10.8 Å².